The molecule has 0 aromatic rings. The summed E-state index contributed by atoms with van der Waals surface area (Å²) < 4.78 is 5.62. The summed E-state index contributed by atoms with van der Waals surface area (Å²) in [5.74, 6) is 3.34. The lowest BCUT2D eigenvalue weighted by Crippen LogP contribution is -2.59. The summed E-state index contributed by atoms with van der Waals surface area (Å²) in [6, 6.07) is 0.442. The summed E-state index contributed by atoms with van der Waals surface area (Å²) in [5.41, 5.74) is 6.25. The second-order valence-corrected chi connectivity index (χ2v) is 5.27. The van der Waals surface area contributed by atoms with Crippen LogP contribution in [0.25, 0.3) is 0 Å². The van der Waals surface area contributed by atoms with Crippen molar-refractivity contribution in [1.82, 2.24) is 0 Å². The van der Waals surface area contributed by atoms with Gasteiger partial charge in [-0.15, -0.1) is 0 Å². The van der Waals surface area contributed by atoms with Gasteiger partial charge in [0.25, 0.3) is 0 Å². The summed E-state index contributed by atoms with van der Waals surface area (Å²) in [6.45, 7) is 0. The molecule has 4 aliphatic rings. The van der Waals surface area contributed by atoms with Gasteiger partial charge < -0.3 is 10.5 Å². The van der Waals surface area contributed by atoms with Crippen LogP contribution in [-0.2, 0) is 4.74 Å². The van der Waals surface area contributed by atoms with Crippen molar-refractivity contribution in [3.05, 3.63) is 0 Å². The summed E-state index contributed by atoms with van der Waals surface area (Å²) >= 11 is 0. The Bertz CT molecular complexity index is 218. The first-order valence-electron chi connectivity index (χ1n) is 5.58. The quantitative estimate of drug-likeness (QED) is 0.663. The van der Waals surface area contributed by atoms with Gasteiger partial charge in [0, 0.05) is 19.1 Å². The summed E-state index contributed by atoms with van der Waals surface area (Å²) in [6.07, 6.45) is 5.99. The van der Waals surface area contributed by atoms with Crippen LogP contribution in [0.15, 0.2) is 0 Å². The Labute approximate surface area is 79.8 Å². The summed E-state index contributed by atoms with van der Waals surface area (Å²) in [5, 5.41) is 0. The number of ether oxygens (including phenoxy) is 1. The standard InChI is InChI=1S/C11H19NO/c1-13-11-8-3-6-2-7(5-8)10(12)9(11)4-6/h6-11H,2-5,12H2,1H3. The number of nitrogens with two attached hydrogens (primary N) is 1. The van der Waals surface area contributed by atoms with Crippen LogP contribution in [0, 0.1) is 23.7 Å². The second kappa shape index (κ2) is 2.71. The Morgan fingerprint density at radius 3 is 2.62 bits per heavy atom. The molecule has 2 N–H and O–H groups in total. The van der Waals surface area contributed by atoms with Crippen LogP contribution in [0.5, 0.6) is 0 Å². The molecule has 2 heteroatoms. The van der Waals surface area contributed by atoms with Crippen molar-refractivity contribution < 1.29 is 4.74 Å². The Morgan fingerprint density at radius 2 is 1.85 bits per heavy atom. The molecule has 0 saturated heterocycles. The first-order valence-corrected chi connectivity index (χ1v) is 5.58. The fraction of sp³-hybridized carbons (Fsp3) is 1.00. The van der Waals surface area contributed by atoms with Gasteiger partial charge in [-0.05, 0) is 43.4 Å². The van der Waals surface area contributed by atoms with Crippen molar-refractivity contribution in [3.63, 3.8) is 0 Å². The lowest BCUT2D eigenvalue weighted by atomic mass is 9.53. The van der Waals surface area contributed by atoms with Crippen LogP contribution in [0.1, 0.15) is 25.7 Å². The van der Waals surface area contributed by atoms with E-state index in [0.717, 1.165) is 17.8 Å². The molecule has 74 valence electrons. The van der Waals surface area contributed by atoms with Crippen molar-refractivity contribution >= 4 is 0 Å². The maximum Gasteiger partial charge on any atom is 0.0642 e. The van der Waals surface area contributed by atoms with Gasteiger partial charge in [-0.25, -0.2) is 0 Å². The molecule has 6 atom stereocenters. The molecule has 0 radical (unpaired) electrons. The highest BCUT2D eigenvalue weighted by molar-refractivity contribution is 5.04. The second-order valence-electron chi connectivity index (χ2n) is 5.27. The molecule has 4 bridgehead atoms. The van der Waals surface area contributed by atoms with Crippen molar-refractivity contribution in [1.29, 1.82) is 0 Å². The van der Waals surface area contributed by atoms with Crippen LogP contribution in [-0.4, -0.2) is 19.3 Å². The van der Waals surface area contributed by atoms with Crippen LogP contribution in [0.2, 0.25) is 0 Å². The summed E-state index contributed by atoms with van der Waals surface area (Å²) in [4.78, 5) is 0. The van der Waals surface area contributed by atoms with Gasteiger partial charge in [0.15, 0.2) is 0 Å². The van der Waals surface area contributed by atoms with Gasteiger partial charge in [-0.1, -0.05) is 0 Å². The molecular weight excluding hydrogens is 162 g/mol. The fourth-order valence-corrected chi connectivity index (χ4v) is 4.27. The molecule has 13 heavy (non-hydrogen) atoms. The van der Waals surface area contributed by atoms with Crippen molar-refractivity contribution in [3.8, 4) is 0 Å². The Hall–Kier alpha value is -0.0800. The van der Waals surface area contributed by atoms with Crippen LogP contribution >= 0.6 is 0 Å². The molecular formula is C11H19NO. The molecule has 0 spiro atoms. The average molecular weight is 181 g/mol. The van der Waals surface area contributed by atoms with E-state index in [1.165, 1.54) is 25.7 Å². The van der Waals surface area contributed by atoms with Crippen LogP contribution in [0.4, 0.5) is 0 Å². The highest BCUT2D eigenvalue weighted by Gasteiger charge is 2.52. The predicted octanol–water partition coefficient (Wildman–Crippen LogP) is 1.39. The van der Waals surface area contributed by atoms with Crippen molar-refractivity contribution in [2.24, 2.45) is 29.4 Å². The number of hydrogen-bond donors (Lipinski definition) is 1. The van der Waals surface area contributed by atoms with Gasteiger partial charge in [0.1, 0.15) is 0 Å². The molecule has 0 aromatic carbocycles. The van der Waals surface area contributed by atoms with Gasteiger partial charge in [-0.2, -0.15) is 0 Å². The van der Waals surface area contributed by atoms with Crippen LogP contribution < -0.4 is 5.73 Å². The van der Waals surface area contributed by atoms with Gasteiger partial charge in [-0.3, -0.25) is 0 Å². The van der Waals surface area contributed by atoms with E-state index in [1.807, 2.05) is 7.11 Å². The smallest absolute Gasteiger partial charge is 0.0642 e. The molecule has 2 nitrogen and oxygen atoms in total. The normalized spacial score (nSPS) is 58.6. The van der Waals surface area contributed by atoms with E-state index in [9.17, 15) is 0 Å². The molecule has 6 unspecified atom stereocenters. The zero-order valence-corrected chi connectivity index (χ0v) is 8.28. The van der Waals surface area contributed by atoms with E-state index in [4.69, 9.17) is 10.5 Å². The molecule has 0 aliphatic heterocycles. The molecule has 4 saturated carbocycles. The largest absolute Gasteiger partial charge is 0.381 e. The minimum absolute atomic E-state index is 0.442. The van der Waals surface area contributed by atoms with Crippen molar-refractivity contribution in [2.75, 3.05) is 7.11 Å². The molecule has 0 amide bonds. The molecule has 0 heterocycles. The molecule has 0 aromatic heterocycles. The third-order valence-electron chi connectivity index (χ3n) is 4.68. The Balaban J connectivity index is 1.89. The zero-order chi connectivity index (χ0) is 9.00. The Kier molecular flexibility index (Phi) is 1.72. The number of rotatable bonds is 1. The Morgan fingerprint density at radius 1 is 1.08 bits per heavy atom. The highest BCUT2D eigenvalue weighted by Crippen LogP contribution is 2.53. The lowest BCUT2D eigenvalue weighted by molar-refractivity contribution is -0.121. The maximum atomic E-state index is 6.25. The number of hydrogen-bond acceptors (Lipinski definition) is 2. The first kappa shape index (κ1) is 8.25. The van der Waals surface area contributed by atoms with Gasteiger partial charge in [0.05, 0.1) is 6.10 Å². The third kappa shape index (κ3) is 1.02. The predicted molar refractivity (Wildman–Crippen MR) is 51.2 cm³/mol. The molecule has 4 rings (SSSR count). The third-order valence-corrected chi connectivity index (χ3v) is 4.68. The average Bonchev–Trinajstić information content (AvgIpc) is 2.13. The van der Waals surface area contributed by atoms with E-state index in [-0.39, 0.29) is 0 Å². The highest BCUT2D eigenvalue weighted by atomic mass is 16.5. The van der Waals surface area contributed by atoms with Crippen molar-refractivity contribution in [2.45, 2.75) is 37.8 Å². The fourth-order valence-electron chi connectivity index (χ4n) is 4.27. The minimum atomic E-state index is 0.442. The van der Waals surface area contributed by atoms with E-state index in [0.29, 0.717) is 18.1 Å². The SMILES string of the molecule is COC1C2CC3CC(C2)C(N)C1C3. The summed E-state index contributed by atoms with van der Waals surface area (Å²) in [7, 11) is 1.86. The topological polar surface area (TPSA) is 35.2 Å². The van der Waals surface area contributed by atoms with Gasteiger partial charge >= 0.3 is 0 Å². The zero-order valence-electron chi connectivity index (χ0n) is 8.28. The molecule has 4 fully saturated rings. The van der Waals surface area contributed by atoms with E-state index >= 15 is 0 Å². The maximum absolute atomic E-state index is 6.25. The number of methoxy groups -OCH3 is 1. The van der Waals surface area contributed by atoms with Crippen LogP contribution in [0.3, 0.4) is 0 Å². The van der Waals surface area contributed by atoms with E-state index < -0.39 is 0 Å². The minimum Gasteiger partial charge on any atom is -0.381 e. The monoisotopic (exact) mass is 181 g/mol. The first-order chi connectivity index (χ1) is 6.29. The van der Waals surface area contributed by atoms with E-state index in [1.54, 1.807) is 0 Å². The van der Waals surface area contributed by atoms with E-state index in [2.05, 4.69) is 0 Å². The van der Waals surface area contributed by atoms with Gasteiger partial charge in [0.2, 0.25) is 0 Å². The lowest BCUT2D eigenvalue weighted by Gasteiger charge is -2.56. The molecule has 4 aliphatic carbocycles.